The van der Waals surface area contributed by atoms with Gasteiger partial charge in [0.25, 0.3) is 0 Å². The summed E-state index contributed by atoms with van der Waals surface area (Å²) in [6.45, 7) is 1.09. The van der Waals surface area contributed by atoms with Crippen LogP contribution >= 0.6 is 0 Å². The molecule has 0 fully saturated rings. The van der Waals surface area contributed by atoms with Crippen LogP contribution < -0.4 is 11.1 Å². The molecule has 0 radical (unpaired) electrons. The fraction of sp³-hybridized carbons (Fsp3) is 0.300. The van der Waals surface area contributed by atoms with Gasteiger partial charge in [0.1, 0.15) is 6.61 Å². The van der Waals surface area contributed by atoms with Gasteiger partial charge in [0, 0.05) is 12.5 Å². The van der Waals surface area contributed by atoms with Crippen LogP contribution in [0.25, 0.3) is 11.1 Å². The van der Waals surface area contributed by atoms with Crippen LogP contribution in [0.4, 0.5) is 9.59 Å². The van der Waals surface area contributed by atoms with E-state index >= 15 is 0 Å². The molecular weight excluding hydrogens is 332 g/mol. The first-order valence-electron chi connectivity index (χ1n) is 8.71. The van der Waals surface area contributed by atoms with Crippen molar-refractivity contribution < 1.29 is 19.1 Å². The van der Waals surface area contributed by atoms with E-state index in [0.717, 1.165) is 35.1 Å². The molecule has 26 heavy (non-hydrogen) atoms. The predicted molar refractivity (Wildman–Crippen MR) is 97.8 cm³/mol. The van der Waals surface area contributed by atoms with Crippen LogP contribution in [0.5, 0.6) is 0 Å². The summed E-state index contributed by atoms with van der Waals surface area (Å²) in [5.74, 6) is -0.0671. The minimum Gasteiger partial charge on any atom is -0.433 e. The zero-order valence-electron chi connectivity index (χ0n) is 14.4. The Morgan fingerprint density at radius 2 is 1.58 bits per heavy atom. The molecule has 136 valence electrons. The van der Waals surface area contributed by atoms with Gasteiger partial charge in [0.2, 0.25) is 0 Å². The third-order valence-electron chi connectivity index (χ3n) is 4.41. The first-order chi connectivity index (χ1) is 12.7. The van der Waals surface area contributed by atoms with E-state index in [0.29, 0.717) is 13.1 Å². The first kappa shape index (κ1) is 17.9. The van der Waals surface area contributed by atoms with Gasteiger partial charge in [-0.25, -0.2) is 9.59 Å². The van der Waals surface area contributed by atoms with Crippen LogP contribution in [0, 0.1) is 0 Å². The van der Waals surface area contributed by atoms with Crippen LogP contribution in [0.1, 0.15) is 29.9 Å². The Balaban J connectivity index is 1.56. The van der Waals surface area contributed by atoms with Crippen LogP contribution in [0.3, 0.4) is 0 Å². The van der Waals surface area contributed by atoms with E-state index in [1.165, 1.54) is 0 Å². The second kappa shape index (κ2) is 8.49. The van der Waals surface area contributed by atoms with Gasteiger partial charge < -0.3 is 20.5 Å². The standard InChI is InChI=1S/C20H22N2O4/c21-11-5-6-12-22-19(23)26-20(24)25-13-18-16-9-3-1-7-14(16)15-8-2-4-10-17(15)18/h1-4,7-10,18H,5-6,11-13,21H2,(H,22,23). The Labute approximate surface area is 152 Å². The number of alkyl carbamates (subject to hydrolysis) is 1. The Bertz CT molecular complexity index is 745. The number of ether oxygens (including phenoxy) is 2. The molecule has 0 bridgehead atoms. The van der Waals surface area contributed by atoms with Crippen molar-refractivity contribution in [1.29, 1.82) is 0 Å². The van der Waals surface area contributed by atoms with Crippen molar-refractivity contribution in [2.75, 3.05) is 19.7 Å². The van der Waals surface area contributed by atoms with Crippen molar-refractivity contribution >= 4 is 12.2 Å². The average Bonchev–Trinajstić information content (AvgIpc) is 2.98. The number of unbranched alkanes of at least 4 members (excludes halogenated alkanes) is 1. The van der Waals surface area contributed by atoms with E-state index in [1.807, 2.05) is 36.4 Å². The molecule has 0 saturated heterocycles. The van der Waals surface area contributed by atoms with Crippen LogP contribution in [-0.4, -0.2) is 31.9 Å². The summed E-state index contributed by atoms with van der Waals surface area (Å²) in [5.41, 5.74) is 9.87. The molecule has 0 spiro atoms. The van der Waals surface area contributed by atoms with E-state index in [4.69, 9.17) is 10.5 Å². The molecule has 0 saturated carbocycles. The molecule has 1 aliphatic rings. The van der Waals surface area contributed by atoms with Crippen molar-refractivity contribution in [3.05, 3.63) is 59.7 Å². The Morgan fingerprint density at radius 3 is 2.19 bits per heavy atom. The summed E-state index contributed by atoms with van der Waals surface area (Å²) < 4.78 is 9.82. The zero-order chi connectivity index (χ0) is 18.4. The molecule has 0 atom stereocenters. The Hall–Kier alpha value is -2.86. The van der Waals surface area contributed by atoms with Crippen molar-refractivity contribution in [2.24, 2.45) is 5.73 Å². The number of nitrogens with two attached hydrogens (primary N) is 1. The van der Waals surface area contributed by atoms with Crippen LogP contribution in [0.2, 0.25) is 0 Å². The lowest BCUT2D eigenvalue weighted by atomic mass is 9.98. The third kappa shape index (κ3) is 4.03. The highest BCUT2D eigenvalue weighted by atomic mass is 16.7. The van der Waals surface area contributed by atoms with E-state index < -0.39 is 12.2 Å². The molecule has 0 heterocycles. The van der Waals surface area contributed by atoms with Gasteiger partial charge >= 0.3 is 12.2 Å². The normalized spacial score (nSPS) is 12.2. The molecule has 0 unspecified atom stereocenters. The lowest BCUT2D eigenvalue weighted by Gasteiger charge is -2.13. The number of hydrogen-bond acceptors (Lipinski definition) is 5. The molecule has 0 aromatic heterocycles. The summed E-state index contributed by atoms with van der Waals surface area (Å²) >= 11 is 0. The van der Waals surface area contributed by atoms with Crippen molar-refractivity contribution in [3.63, 3.8) is 0 Å². The smallest absolute Gasteiger partial charge is 0.433 e. The molecule has 3 N–H and O–H groups in total. The van der Waals surface area contributed by atoms with Gasteiger partial charge in [0.15, 0.2) is 0 Å². The highest BCUT2D eigenvalue weighted by molar-refractivity contribution is 5.81. The van der Waals surface area contributed by atoms with Gasteiger partial charge in [-0.05, 0) is 41.6 Å². The largest absolute Gasteiger partial charge is 0.517 e. The highest BCUT2D eigenvalue weighted by Crippen LogP contribution is 2.44. The van der Waals surface area contributed by atoms with Crippen LogP contribution in [-0.2, 0) is 9.47 Å². The van der Waals surface area contributed by atoms with E-state index in [-0.39, 0.29) is 12.5 Å². The van der Waals surface area contributed by atoms with Gasteiger partial charge in [-0.3, -0.25) is 0 Å². The number of amides is 1. The minimum absolute atomic E-state index is 0.0671. The van der Waals surface area contributed by atoms with E-state index in [2.05, 4.69) is 22.2 Å². The molecule has 1 amide bonds. The molecule has 2 aromatic rings. The second-order valence-electron chi connectivity index (χ2n) is 6.10. The third-order valence-corrected chi connectivity index (χ3v) is 4.41. The monoisotopic (exact) mass is 354 g/mol. The average molecular weight is 354 g/mol. The number of fused-ring (bicyclic) bond motifs is 3. The number of nitrogens with one attached hydrogen (secondary N) is 1. The summed E-state index contributed by atoms with van der Waals surface area (Å²) in [6, 6.07) is 16.1. The number of benzene rings is 2. The van der Waals surface area contributed by atoms with Crippen molar-refractivity contribution in [1.82, 2.24) is 5.32 Å². The van der Waals surface area contributed by atoms with Gasteiger partial charge in [-0.1, -0.05) is 48.5 Å². The zero-order valence-corrected chi connectivity index (χ0v) is 14.4. The molecule has 1 aliphatic carbocycles. The maximum absolute atomic E-state index is 11.8. The van der Waals surface area contributed by atoms with Gasteiger partial charge in [0.05, 0.1) is 0 Å². The fourth-order valence-electron chi connectivity index (χ4n) is 3.19. The molecule has 0 aliphatic heterocycles. The molecule has 2 aromatic carbocycles. The second-order valence-corrected chi connectivity index (χ2v) is 6.10. The number of carbonyl (C=O) groups is 2. The lowest BCUT2D eigenvalue weighted by molar-refractivity contribution is 0.0730. The maximum atomic E-state index is 11.8. The Morgan fingerprint density at radius 1 is 0.962 bits per heavy atom. The topological polar surface area (TPSA) is 90.6 Å². The molecule has 6 nitrogen and oxygen atoms in total. The van der Waals surface area contributed by atoms with E-state index in [1.54, 1.807) is 0 Å². The molecular formula is C20H22N2O4. The van der Waals surface area contributed by atoms with Crippen molar-refractivity contribution in [2.45, 2.75) is 18.8 Å². The first-order valence-corrected chi connectivity index (χ1v) is 8.71. The lowest BCUT2D eigenvalue weighted by Crippen LogP contribution is -2.28. The number of rotatable bonds is 6. The van der Waals surface area contributed by atoms with Crippen LogP contribution in [0.15, 0.2) is 48.5 Å². The fourth-order valence-corrected chi connectivity index (χ4v) is 3.19. The molecule has 3 rings (SSSR count). The maximum Gasteiger partial charge on any atom is 0.517 e. The number of carbonyl (C=O) groups excluding carboxylic acids is 2. The summed E-state index contributed by atoms with van der Waals surface area (Å²) in [6.07, 6.45) is -0.274. The summed E-state index contributed by atoms with van der Waals surface area (Å²) in [7, 11) is 0. The van der Waals surface area contributed by atoms with Crippen molar-refractivity contribution in [3.8, 4) is 11.1 Å². The summed E-state index contributed by atoms with van der Waals surface area (Å²) in [5, 5.41) is 2.49. The van der Waals surface area contributed by atoms with Gasteiger partial charge in [-0.2, -0.15) is 0 Å². The molecule has 6 heteroatoms. The van der Waals surface area contributed by atoms with E-state index in [9.17, 15) is 9.59 Å². The predicted octanol–water partition coefficient (Wildman–Crippen LogP) is 3.40. The Kier molecular flexibility index (Phi) is 5.86. The number of hydrogen-bond donors (Lipinski definition) is 2. The highest BCUT2D eigenvalue weighted by Gasteiger charge is 2.29. The SMILES string of the molecule is NCCCCNC(=O)OC(=O)OCC1c2ccccc2-c2ccccc21. The minimum atomic E-state index is -0.997. The summed E-state index contributed by atoms with van der Waals surface area (Å²) in [4.78, 5) is 23.3. The van der Waals surface area contributed by atoms with Gasteiger partial charge in [-0.15, -0.1) is 0 Å². The quantitative estimate of drug-likeness (QED) is 0.471.